The summed E-state index contributed by atoms with van der Waals surface area (Å²) < 4.78 is 14.6. The van der Waals surface area contributed by atoms with Gasteiger partial charge in [-0.15, -0.1) is 0 Å². The summed E-state index contributed by atoms with van der Waals surface area (Å²) in [7, 11) is 0. The number of hydrogen-bond acceptors (Lipinski definition) is 7. The Hall–Kier alpha value is -3.41. The smallest absolute Gasteiger partial charge is 0.404 e. The van der Waals surface area contributed by atoms with Crippen LogP contribution in [0.1, 0.15) is 25.8 Å². The highest BCUT2D eigenvalue weighted by Gasteiger charge is 2.19. The zero-order chi connectivity index (χ0) is 23.1. The van der Waals surface area contributed by atoms with Gasteiger partial charge in [0.05, 0.1) is 49.5 Å². The first-order valence-corrected chi connectivity index (χ1v) is 10.8. The van der Waals surface area contributed by atoms with E-state index in [1.807, 2.05) is 32.0 Å². The van der Waals surface area contributed by atoms with Crippen LogP contribution in [0.2, 0.25) is 0 Å². The van der Waals surface area contributed by atoms with Crippen LogP contribution >= 0.6 is 15.9 Å². The van der Waals surface area contributed by atoms with Crippen LogP contribution in [0.4, 0.5) is 11.5 Å². The maximum atomic E-state index is 12.2. The van der Waals surface area contributed by atoms with Gasteiger partial charge in [0, 0.05) is 12.6 Å². The van der Waals surface area contributed by atoms with Crippen molar-refractivity contribution in [2.75, 3.05) is 18.5 Å². The number of carbonyl (C=O) groups excluding carboxylic acids is 1. The van der Waals surface area contributed by atoms with Crippen LogP contribution in [0.25, 0.3) is 0 Å². The molecule has 0 fully saturated rings. The molecule has 2 aromatic heterocycles. The van der Waals surface area contributed by atoms with Gasteiger partial charge in [-0.2, -0.15) is 9.78 Å². The molecule has 1 N–H and O–H groups in total. The van der Waals surface area contributed by atoms with Gasteiger partial charge in [-0.25, -0.2) is 0 Å². The van der Waals surface area contributed by atoms with E-state index in [4.69, 9.17) is 9.47 Å². The van der Waals surface area contributed by atoms with Gasteiger partial charge in [-0.3, -0.25) is 9.48 Å². The van der Waals surface area contributed by atoms with E-state index < -0.39 is 4.92 Å². The highest BCUT2D eigenvalue weighted by atomic mass is 79.9. The van der Waals surface area contributed by atoms with E-state index in [0.29, 0.717) is 36.9 Å². The third kappa shape index (κ3) is 6.06. The van der Waals surface area contributed by atoms with Crippen LogP contribution in [0, 0.1) is 10.1 Å². The van der Waals surface area contributed by atoms with Crippen molar-refractivity contribution in [3.05, 3.63) is 56.9 Å². The predicted molar refractivity (Wildman–Crippen MR) is 120 cm³/mol. The molecule has 1 amide bonds. The fraction of sp³-hybridized carbons (Fsp3) is 0.350. The number of ether oxygens (including phenoxy) is 2. The number of amides is 1. The number of nitrogens with one attached hydrogen (secondary N) is 1. The molecule has 0 bridgehead atoms. The molecule has 11 nitrogen and oxygen atoms in total. The minimum Gasteiger partial charge on any atom is -0.490 e. The Kier molecular flexibility index (Phi) is 7.82. The van der Waals surface area contributed by atoms with Gasteiger partial charge >= 0.3 is 5.82 Å². The quantitative estimate of drug-likeness (QED) is 0.310. The van der Waals surface area contributed by atoms with Crippen LogP contribution < -0.4 is 14.8 Å². The Morgan fingerprint density at radius 1 is 1.19 bits per heavy atom. The second-order valence-electron chi connectivity index (χ2n) is 6.69. The molecule has 0 saturated heterocycles. The first-order valence-electron chi connectivity index (χ1n) is 9.97. The summed E-state index contributed by atoms with van der Waals surface area (Å²) in [4.78, 5) is 22.5. The van der Waals surface area contributed by atoms with Gasteiger partial charge in [-0.1, -0.05) is 6.07 Å². The molecule has 0 spiro atoms. The Morgan fingerprint density at radius 2 is 1.94 bits per heavy atom. The molecule has 0 saturated carbocycles. The number of nitrogens with zero attached hydrogens (tertiary/aromatic N) is 5. The molecule has 2 heterocycles. The molecule has 12 heteroatoms. The van der Waals surface area contributed by atoms with Crippen molar-refractivity contribution in [3.63, 3.8) is 0 Å². The minimum absolute atomic E-state index is 0.104. The average molecular weight is 507 g/mol. The highest BCUT2D eigenvalue weighted by molar-refractivity contribution is 9.10. The van der Waals surface area contributed by atoms with E-state index in [2.05, 4.69) is 31.4 Å². The zero-order valence-electron chi connectivity index (χ0n) is 17.7. The molecule has 0 radical (unpaired) electrons. The summed E-state index contributed by atoms with van der Waals surface area (Å²) in [5.74, 6) is 0.839. The second kappa shape index (κ2) is 10.8. The van der Waals surface area contributed by atoms with Gasteiger partial charge in [0.25, 0.3) is 0 Å². The molecule has 0 aliphatic carbocycles. The fourth-order valence-electron chi connectivity index (χ4n) is 2.96. The van der Waals surface area contributed by atoms with Crippen LogP contribution in [0.5, 0.6) is 11.5 Å². The fourth-order valence-corrected chi connectivity index (χ4v) is 3.42. The molecule has 3 rings (SSSR count). The van der Waals surface area contributed by atoms with Crippen molar-refractivity contribution >= 4 is 33.3 Å². The lowest BCUT2D eigenvalue weighted by Gasteiger charge is -2.12. The number of benzene rings is 1. The first kappa shape index (κ1) is 23.3. The molecule has 170 valence electrons. The maximum absolute atomic E-state index is 12.2. The van der Waals surface area contributed by atoms with Crippen LogP contribution in [0.15, 0.2) is 41.3 Å². The average Bonchev–Trinajstić information content (AvgIpc) is 3.34. The lowest BCUT2D eigenvalue weighted by molar-refractivity contribution is -0.390. The number of aryl methyl sites for hydroxylation is 1. The number of nitro groups is 1. The first-order chi connectivity index (χ1) is 15.4. The second-order valence-corrected chi connectivity index (χ2v) is 7.55. The van der Waals surface area contributed by atoms with Crippen molar-refractivity contribution < 1.29 is 19.2 Å². The van der Waals surface area contributed by atoms with E-state index >= 15 is 0 Å². The molecule has 0 aliphatic heterocycles. The standard InChI is InChI=1S/C20H23BrN6O5/c1-3-31-17-6-5-14(9-18(17)32-4-2)11-26-12-15(10-22-26)23-19(28)7-8-25-13-16(21)20(24-25)27(29)30/h5-6,9-10,12-13H,3-4,7-8,11H2,1-2H3,(H,23,28). The summed E-state index contributed by atoms with van der Waals surface area (Å²) in [6.45, 7) is 5.62. The van der Waals surface area contributed by atoms with Crippen LogP contribution in [0.3, 0.4) is 0 Å². The number of halogens is 1. The lowest BCUT2D eigenvalue weighted by Crippen LogP contribution is -2.14. The Balaban J connectivity index is 1.56. The van der Waals surface area contributed by atoms with Gasteiger partial charge in [0.15, 0.2) is 11.5 Å². The van der Waals surface area contributed by atoms with Crippen molar-refractivity contribution in [2.45, 2.75) is 33.4 Å². The zero-order valence-corrected chi connectivity index (χ0v) is 19.2. The van der Waals surface area contributed by atoms with E-state index in [9.17, 15) is 14.9 Å². The number of aromatic nitrogens is 4. The molecular weight excluding hydrogens is 484 g/mol. The molecular formula is C20H23BrN6O5. The summed E-state index contributed by atoms with van der Waals surface area (Å²) in [5, 5.41) is 21.7. The molecule has 32 heavy (non-hydrogen) atoms. The van der Waals surface area contributed by atoms with Crippen molar-refractivity contribution in [1.29, 1.82) is 0 Å². The molecule has 0 aliphatic rings. The summed E-state index contributed by atoms with van der Waals surface area (Å²) >= 11 is 3.08. The minimum atomic E-state index is -0.587. The Bertz CT molecular complexity index is 1100. The number of rotatable bonds is 11. The van der Waals surface area contributed by atoms with E-state index in [0.717, 1.165) is 5.56 Å². The monoisotopic (exact) mass is 506 g/mol. The van der Waals surface area contributed by atoms with E-state index in [1.165, 1.54) is 10.9 Å². The van der Waals surface area contributed by atoms with Gasteiger partial charge < -0.3 is 24.9 Å². The Morgan fingerprint density at radius 3 is 2.62 bits per heavy atom. The highest BCUT2D eigenvalue weighted by Crippen LogP contribution is 2.29. The predicted octanol–water partition coefficient (Wildman–Crippen LogP) is 3.62. The molecule has 1 aromatic carbocycles. The van der Waals surface area contributed by atoms with Crippen molar-refractivity contribution in [3.8, 4) is 11.5 Å². The van der Waals surface area contributed by atoms with Gasteiger partial charge in [0.1, 0.15) is 4.47 Å². The van der Waals surface area contributed by atoms with Crippen molar-refractivity contribution in [1.82, 2.24) is 19.6 Å². The molecule has 3 aromatic rings. The topological polar surface area (TPSA) is 126 Å². The Labute approximate surface area is 192 Å². The van der Waals surface area contributed by atoms with E-state index in [1.54, 1.807) is 17.1 Å². The van der Waals surface area contributed by atoms with Gasteiger partial charge in [0.2, 0.25) is 5.91 Å². The van der Waals surface area contributed by atoms with Crippen molar-refractivity contribution in [2.24, 2.45) is 0 Å². The largest absolute Gasteiger partial charge is 0.490 e. The SMILES string of the molecule is CCOc1ccc(Cn2cc(NC(=O)CCn3cc(Br)c([N+](=O)[O-])n3)cn2)cc1OCC. The number of hydrogen-bond donors (Lipinski definition) is 1. The van der Waals surface area contributed by atoms with E-state index in [-0.39, 0.29) is 29.2 Å². The lowest BCUT2D eigenvalue weighted by atomic mass is 10.2. The van der Waals surface area contributed by atoms with Crippen LogP contribution in [-0.4, -0.2) is 43.6 Å². The van der Waals surface area contributed by atoms with Gasteiger partial charge in [-0.05, 0) is 52.4 Å². The maximum Gasteiger partial charge on any atom is 0.404 e. The number of carbonyl (C=O) groups is 1. The third-order valence-corrected chi connectivity index (χ3v) is 4.87. The third-order valence-electron chi connectivity index (χ3n) is 4.31. The normalized spacial score (nSPS) is 10.7. The van der Waals surface area contributed by atoms with Crippen LogP contribution in [-0.2, 0) is 17.9 Å². The summed E-state index contributed by atoms with van der Waals surface area (Å²) in [6.07, 6.45) is 4.86. The number of anilines is 1. The molecule has 0 unspecified atom stereocenters. The molecule has 0 atom stereocenters. The summed E-state index contributed by atoms with van der Waals surface area (Å²) in [5.41, 5.74) is 1.53. The summed E-state index contributed by atoms with van der Waals surface area (Å²) in [6, 6.07) is 5.72.